The smallest absolute Gasteiger partial charge is 0.308 e. The molecule has 0 aromatic carbocycles. The molecule has 0 radical (unpaired) electrons. The summed E-state index contributed by atoms with van der Waals surface area (Å²) in [5.41, 5.74) is 0. The molecule has 0 rings (SSSR count). The minimum absolute atomic E-state index is 0.0105. The van der Waals surface area contributed by atoms with Gasteiger partial charge in [-0.2, -0.15) is 0 Å². The van der Waals surface area contributed by atoms with Gasteiger partial charge < -0.3 is 4.74 Å². The Kier molecular flexibility index (Phi) is 21.3. The number of carbonyl (C=O) groups excluding carboxylic acids is 1. The van der Waals surface area contributed by atoms with Crippen LogP contribution < -0.4 is 0 Å². The molecule has 0 aliphatic heterocycles. The summed E-state index contributed by atoms with van der Waals surface area (Å²) in [4.78, 5) is 12.2. The molecule has 0 aliphatic carbocycles. The van der Waals surface area contributed by atoms with Crippen molar-refractivity contribution in [3.8, 4) is 0 Å². The average Bonchev–Trinajstić information content (AvgIpc) is 2.72. The van der Waals surface area contributed by atoms with Crippen molar-refractivity contribution in [1.82, 2.24) is 0 Å². The van der Waals surface area contributed by atoms with Crippen LogP contribution in [0.4, 0.5) is 0 Å². The Bertz CT molecular complexity index is 366. The lowest BCUT2D eigenvalue weighted by atomic mass is 9.88. The molecule has 0 bridgehead atoms. The zero-order valence-electron chi connectivity index (χ0n) is 21.5. The Morgan fingerprint density at radius 1 is 0.600 bits per heavy atom. The van der Waals surface area contributed by atoms with Crippen LogP contribution in [0.3, 0.4) is 0 Å². The summed E-state index contributed by atoms with van der Waals surface area (Å²) >= 11 is 0. The highest BCUT2D eigenvalue weighted by Gasteiger charge is 2.18. The van der Waals surface area contributed by atoms with Crippen LogP contribution in [0.1, 0.15) is 150 Å². The standard InChI is InChI=1S/C28H56O2/c1-6-8-9-10-11-12-13-14-15-16-17-18-19-20-21-22-30-28(29)27(5)24-26(4)23-25(3)7-2/h25-27H,6-24H2,1-5H3. The van der Waals surface area contributed by atoms with E-state index in [1.165, 1.54) is 103 Å². The van der Waals surface area contributed by atoms with Crippen molar-refractivity contribution in [3.63, 3.8) is 0 Å². The second-order valence-electron chi connectivity index (χ2n) is 10.1. The van der Waals surface area contributed by atoms with Crippen LogP contribution in [0.25, 0.3) is 0 Å². The first-order valence-corrected chi connectivity index (χ1v) is 13.7. The molecule has 0 fully saturated rings. The van der Waals surface area contributed by atoms with E-state index in [0.29, 0.717) is 12.5 Å². The maximum atomic E-state index is 12.2. The molecule has 0 spiro atoms. The largest absolute Gasteiger partial charge is 0.465 e. The minimum atomic E-state index is 0.0105. The van der Waals surface area contributed by atoms with Crippen molar-refractivity contribution in [2.75, 3.05) is 6.61 Å². The number of hydrogen-bond donors (Lipinski definition) is 0. The molecule has 2 nitrogen and oxygen atoms in total. The van der Waals surface area contributed by atoms with E-state index < -0.39 is 0 Å². The molecule has 3 unspecified atom stereocenters. The van der Waals surface area contributed by atoms with Gasteiger partial charge in [0.25, 0.3) is 0 Å². The number of hydrogen-bond acceptors (Lipinski definition) is 2. The van der Waals surface area contributed by atoms with Gasteiger partial charge in [-0.25, -0.2) is 0 Å². The van der Waals surface area contributed by atoms with Crippen LogP contribution in [0.5, 0.6) is 0 Å². The molecule has 2 heteroatoms. The molecule has 0 saturated carbocycles. The maximum Gasteiger partial charge on any atom is 0.308 e. The third kappa shape index (κ3) is 19.4. The van der Waals surface area contributed by atoms with Crippen LogP contribution in [0.2, 0.25) is 0 Å². The highest BCUT2D eigenvalue weighted by molar-refractivity contribution is 5.71. The van der Waals surface area contributed by atoms with Crippen LogP contribution >= 0.6 is 0 Å². The highest BCUT2D eigenvalue weighted by Crippen LogP contribution is 2.22. The normalized spacial score (nSPS) is 14.4. The SMILES string of the molecule is CCCCCCCCCCCCCCCCCOC(=O)C(C)CC(C)CC(C)CC. The second-order valence-corrected chi connectivity index (χ2v) is 10.1. The number of esters is 1. The van der Waals surface area contributed by atoms with Gasteiger partial charge in [-0.15, -0.1) is 0 Å². The van der Waals surface area contributed by atoms with Crippen LogP contribution in [-0.4, -0.2) is 12.6 Å². The lowest BCUT2D eigenvalue weighted by Gasteiger charge is -2.19. The Morgan fingerprint density at radius 2 is 1.03 bits per heavy atom. The van der Waals surface area contributed by atoms with Gasteiger partial charge in [-0.3, -0.25) is 4.79 Å². The molecule has 180 valence electrons. The first kappa shape index (κ1) is 29.5. The predicted octanol–water partition coefficient (Wildman–Crippen LogP) is 9.50. The maximum absolute atomic E-state index is 12.2. The Balaban J connectivity index is 3.37. The van der Waals surface area contributed by atoms with Crippen molar-refractivity contribution in [3.05, 3.63) is 0 Å². The zero-order chi connectivity index (χ0) is 22.5. The number of carbonyl (C=O) groups is 1. The molecule has 0 saturated heterocycles. The third-order valence-electron chi connectivity index (χ3n) is 6.65. The fraction of sp³-hybridized carbons (Fsp3) is 0.964. The van der Waals surface area contributed by atoms with Gasteiger partial charge in [-0.05, 0) is 31.1 Å². The van der Waals surface area contributed by atoms with Crippen LogP contribution in [0, 0.1) is 17.8 Å². The van der Waals surface area contributed by atoms with Crippen molar-refractivity contribution in [2.45, 2.75) is 150 Å². The lowest BCUT2D eigenvalue weighted by molar-refractivity contribution is -0.148. The molecule has 0 N–H and O–H groups in total. The second kappa shape index (κ2) is 21.7. The van der Waals surface area contributed by atoms with Gasteiger partial charge in [0.05, 0.1) is 12.5 Å². The molecule has 0 aromatic heterocycles. The van der Waals surface area contributed by atoms with Gasteiger partial charge in [0.15, 0.2) is 0 Å². The van der Waals surface area contributed by atoms with Gasteiger partial charge >= 0.3 is 5.97 Å². The third-order valence-corrected chi connectivity index (χ3v) is 6.65. The Morgan fingerprint density at radius 3 is 1.47 bits per heavy atom. The molecule has 0 aliphatic rings. The summed E-state index contributed by atoms with van der Waals surface area (Å²) in [5, 5.41) is 0. The highest BCUT2D eigenvalue weighted by atomic mass is 16.5. The molecular formula is C28H56O2. The van der Waals surface area contributed by atoms with Gasteiger partial charge in [-0.1, -0.05) is 131 Å². The fourth-order valence-electron chi connectivity index (χ4n) is 4.44. The summed E-state index contributed by atoms with van der Waals surface area (Å²) in [6.45, 7) is 11.7. The van der Waals surface area contributed by atoms with E-state index in [4.69, 9.17) is 4.74 Å². The fourth-order valence-corrected chi connectivity index (χ4v) is 4.44. The summed E-state index contributed by atoms with van der Waals surface area (Å²) in [6.07, 6.45) is 23.8. The molecule has 3 atom stereocenters. The van der Waals surface area contributed by atoms with Gasteiger partial charge in [0.2, 0.25) is 0 Å². The topological polar surface area (TPSA) is 26.3 Å². The number of unbranched alkanes of at least 4 members (excludes halogenated alkanes) is 14. The summed E-state index contributed by atoms with van der Waals surface area (Å²) < 4.78 is 5.51. The van der Waals surface area contributed by atoms with Gasteiger partial charge in [0, 0.05) is 0 Å². The van der Waals surface area contributed by atoms with Crippen molar-refractivity contribution < 1.29 is 9.53 Å². The van der Waals surface area contributed by atoms with E-state index in [0.717, 1.165) is 18.8 Å². The van der Waals surface area contributed by atoms with Crippen LogP contribution in [0.15, 0.2) is 0 Å². The monoisotopic (exact) mass is 424 g/mol. The first-order chi connectivity index (χ1) is 14.5. The lowest BCUT2D eigenvalue weighted by Crippen LogP contribution is -2.18. The van der Waals surface area contributed by atoms with Crippen LogP contribution in [-0.2, 0) is 9.53 Å². The summed E-state index contributed by atoms with van der Waals surface area (Å²) in [6, 6.07) is 0. The minimum Gasteiger partial charge on any atom is -0.465 e. The predicted molar refractivity (Wildman–Crippen MR) is 133 cm³/mol. The molecule has 30 heavy (non-hydrogen) atoms. The van der Waals surface area contributed by atoms with Crippen molar-refractivity contribution in [2.24, 2.45) is 17.8 Å². The molecule has 0 aromatic rings. The van der Waals surface area contributed by atoms with E-state index in [9.17, 15) is 4.79 Å². The van der Waals surface area contributed by atoms with Crippen molar-refractivity contribution >= 4 is 5.97 Å². The quantitative estimate of drug-likeness (QED) is 0.128. The Labute approximate surface area is 190 Å². The number of ether oxygens (including phenoxy) is 1. The molecular weight excluding hydrogens is 368 g/mol. The van der Waals surface area contributed by atoms with E-state index in [1.807, 2.05) is 6.92 Å². The van der Waals surface area contributed by atoms with E-state index in [-0.39, 0.29) is 11.9 Å². The average molecular weight is 425 g/mol. The summed E-state index contributed by atoms with van der Waals surface area (Å²) in [5.74, 6) is 1.41. The summed E-state index contributed by atoms with van der Waals surface area (Å²) in [7, 11) is 0. The first-order valence-electron chi connectivity index (χ1n) is 13.7. The Hall–Kier alpha value is -0.530. The van der Waals surface area contributed by atoms with E-state index in [1.54, 1.807) is 0 Å². The van der Waals surface area contributed by atoms with E-state index >= 15 is 0 Å². The van der Waals surface area contributed by atoms with E-state index in [2.05, 4.69) is 27.7 Å². The zero-order valence-corrected chi connectivity index (χ0v) is 21.5. The van der Waals surface area contributed by atoms with Crippen molar-refractivity contribution in [1.29, 1.82) is 0 Å². The number of rotatable bonds is 22. The molecule has 0 heterocycles. The van der Waals surface area contributed by atoms with Gasteiger partial charge in [0.1, 0.15) is 0 Å². The molecule has 0 amide bonds.